The summed E-state index contributed by atoms with van der Waals surface area (Å²) in [5.74, 6) is 0.819. The zero-order valence-electron chi connectivity index (χ0n) is 11.5. The largest absolute Gasteiger partial charge is 0.461 e. The van der Waals surface area contributed by atoms with Gasteiger partial charge in [0.25, 0.3) is 0 Å². The Morgan fingerprint density at radius 1 is 1.28 bits per heavy atom. The minimum Gasteiger partial charge on any atom is -0.461 e. The third-order valence-corrected chi connectivity index (χ3v) is 3.10. The van der Waals surface area contributed by atoms with Gasteiger partial charge in [-0.1, -0.05) is 0 Å². The monoisotopic (exact) mass is 251 g/mol. The third kappa shape index (κ3) is 2.63. The lowest BCUT2D eigenvalue weighted by molar-refractivity contribution is 0.222. The lowest BCUT2D eigenvalue weighted by Gasteiger charge is -2.31. The van der Waals surface area contributed by atoms with Crippen molar-refractivity contribution in [1.82, 2.24) is 15.0 Å². The lowest BCUT2D eigenvalue weighted by atomic mass is 10.0. The van der Waals surface area contributed by atoms with Crippen molar-refractivity contribution in [1.29, 1.82) is 0 Å². The van der Waals surface area contributed by atoms with E-state index < -0.39 is 0 Å². The Labute approximate surface area is 108 Å². The molecule has 0 saturated carbocycles. The van der Waals surface area contributed by atoms with E-state index in [1.807, 2.05) is 13.8 Å². The van der Waals surface area contributed by atoms with Gasteiger partial charge < -0.3 is 15.4 Å². The number of ether oxygens (including phenoxy) is 1. The summed E-state index contributed by atoms with van der Waals surface area (Å²) < 4.78 is 5.49. The maximum atomic E-state index is 5.72. The number of nitrogens with zero attached hydrogens (tertiary/aromatic N) is 4. The van der Waals surface area contributed by atoms with Crippen LogP contribution in [0, 0.1) is 0 Å². The van der Waals surface area contributed by atoms with Crippen LogP contribution in [-0.2, 0) is 0 Å². The van der Waals surface area contributed by atoms with Crippen LogP contribution in [0.4, 0.5) is 11.9 Å². The molecule has 6 heteroatoms. The number of hydrogen-bond donors (Lipinski definition) is 1. The number of nitrogens with two attached hydrogens (primary N) is 1. The molecule has 0 unspecified atom stereocenters. The predicted octanol–water partition coefficient (Wildman–Crippen LogP) is 1.62. The number of aromatic nitrogens is 3. The molecule has 1 aromatic rings. The van der Waals surface area contributed by atoms with Crippen LogP contribution in [-0.4, -0.2) is 33.1 Å². The van der Waals surface area contributed by atoms with E-state index in [9.17, 15) is 0 Å². The molecule has 0 radical (unpaired) electrons. The zero-order valence-corrected chi connectivity index (χ0v) is 11.5. The van der Waals surface area contributed by atoms with Crippen LogP contribution >= 0.6 is 0 Å². The molecule has 0 atom stereocenters. The Kier molecular flexibility index (Phi) is 3.28. The van der Waals surface area contributed by atoms with Crippen molar-refractivity contribution in [2.75, 3.05) is 17.2 Å². The first-order valence-electron chi connectivity index (χ1n) is 6.34. The average molecular weight is 251 g/mol. The summed E-state index contributed by atoms with van der Waals surface area (Å²) in [6.07, 6.45) is 2.28. The minimum atomic E-state index is 0.0197. The van der Waals surface area contributed by atoms with Crippen molar-refractivity contribution in [2.24, 2.45) is 0 Å². The molecule has 0 amide bonds. The normalized spacial score (nSPS) is 18.4. The molecule has 1 aliphatic heterocycles. The van der Waals surface area contributed by atoms with Crippen LogP contribution in [0.3, 0.4) is 0 Å². The molecule has 1 aliphatic rings. The summed E-state index contributed by atoms with van der Waals surface area (Å²) in [6.45, 7) is 9.17. The molecule has 0 aliphatic carbocycles. The van der Waals surface area contributed by atoms with Crippen LogP contribution in [0.5, 0.6) is 6.01 Å². The molecule has 2 N–H and O–H groups in total. The molecule has 1 aromatic heterocycles. The highest BCUT2D eigenvalue weighted by Crippen LogP contribution is 2.32. The van der Waals surface area contributed by atoms with Crippen LogP contribution in [0.15, 0.2) is 0 Å². The van der Waals surface area contributed by atoms with E-state index in [4.69, 9.17) is 10.5 Å². The van der Waals surface area contributed by atoms with Gasteiger partial charge in [-0.3, -0.25) is 0 Å². The van der Waals surface area contributed by atoms with E-state index in [-0.39, 0.29) is 17.6 Å². The topological polar surface area (TPSA) is 77.2 Å². The molecule has 100 valence electrons. The van der Waals surface area contributed by atoms with Crippen molar-refractivity contribution < 1.29 is 4.74 Å². The number of hydrogen-bond acceptors (Lipinski definition) is 6. The Bertz CT molecular complexity index is 432. The Balaban J connectivity index is 2.30. The molecule has 18 heavy (non-hydrogen) atoms. The summed E-state index contributed by atoms with van der Waals surface area (Å²) in [5.41, 5.74) is 5.78. The zero-order chi connectivity index (χ0) is 13.3. The van der Waals surface area contributed by atoms with Gasteiger partial charge in [-0.25, -0.2) is 0 Å². The first-order valence-corrected chi connectivity index (χ1v) is 6.34. The highest BCUT2D eigenvalue weighted by molar-refractivity contribution is 5.40. The van der Waals surface area contributed by atoms with E-state index in [1.54, 1.807) is 0 Å². The molecule has 2 rings (SSSR count). The van der Waals surface area contributed by atoms with E-state index in [0.29, 0.717) is 12.0 Å². The van der Waals surface area contributed by atoms with Gasteiger partial charge >= 0.3 is 6.01 Å². The number of nitrogen functional groups attached to an aromatic ring is 1. The first kappa shape index (κ1) is 12.9. The van der Waals surface area contributed by atoms with Crippen molar-refractivity contribution in [3.63, 3.8) is 0 Å². The Hall–Kier alpha value is -1.59. The summed E-state index contributed by atoms with van der Waals surface area (Å²) in [5, 5.41) is 0. The highest BCUT2D eigenvalue weighted by atomic mass is 16.5. The summed E-state index contributed by atoms with van der Waals surface area (Å²) in [4.78, 5) is 14.7. The molecular formula is C12H21N5O. The van der Waals surface area contributed by atoms with Gasteiger partial charge in [-0.05, 0) is 40.5 Å². The quantitative estimate of drug-likeness (QED) is 0.879. The molecular weight excluding hydrogens is 230 g/mol. The van der Waals surface area contributed by atoms with Gasteiger partial charge in [0.05, 0.1) is 6.10 Å². The summed E-state index contributed by atoms with van der Waals surface area (Å²) >= 11 is 0. The maximum absolute atomic E-state index is 5.72. The van der Waals surface area contributed by atoms with Gasteiger partial charge in [-0.2, -0.15) is 15.0 Å². The average Bonchev–Trinajstić information content (AvgIpc) is 2.55. The minimum absolute atomic E-state index is 0.0197. The van der Waals surface area contributed by atoms with Crippen molar-refractivity contribution in [3.8, 4) is 6.01 Å². The Morgan fingerprint density at radius 3 is 2.56 bits per heavy atom. The van der Waals surface area contributed by atoms with E-state index in [1.165, 1.54) is 0 Å². The van der Waals surface area contributed by atoms with Crippen LogP contribution in [0.25, 0.3) is 0 Å². The SMILES string of the molecule is CC(C)Oc1nc(N)nc(N2CCCC2(C)C)n1. The van der Waals surface area contributed by atoms with Crippen molar-refractivity contribution >= 4 is 11.9 Å². The smallest absolute Gasteiger partial charge is 0.323 e. The van der Waals surface area contributed by atoms with Crippen molar-refractivity contribution in [3.05, 3.63) is 0 Å². The highest BCUT2D eigenvalue weighted by Gasteiger charge is 2.34. The van der Waals surface area contributed by atoms with Gasteiger partial charge in [0.1, 0.15) is 0 Å². The summed E-state index contributed by atoms with van der Waals surface area (Å²) in [7, 11) is 0. The Morgan fingerprint density at radius 2 is 2.00 bits per heavy atom. The maximum Gasteiger partial charge on any atom is 0.323 e. The summed E-state index contributed by atoms with van der Waals surface area (Å²) in [6, 6.07) is 0.301. The fourth-order valence-electron chi connectivity index (χ4n) is 2.22. The number of anilines is 2. The van der Waals surface area contributed by atoms with Crippen LogP contribution < -0.4 is 15.4 Å². The molecule has 0 spiro atoms. The standard InChI is InChI=1S/C12H21N5O/c1-8(2)18-11-15-9(13)14-10(16-11)17-7-5-6-12(17,3)4/h8H,5-7H2,1-4H3,(H2,13,14,15,16). The lowest BCUT2D eigenvalue weighted by Crippen LogP contribution is -2.39. The fraction of sp³-hybridized carbons (Fsp3) is 0.750. The molecule has 0 aromatic carbocycles. The van der Waals surface area contributed by atoms with Crippen LogP contribution in [0.1, 0.15) is 40.5 Å². The van der Waals surface area contributed by atoms with Gasteiger partial charge in [0, 0.05) is 12.1 Å². The molecule has 2 heterocycles. The van der Waals surface area contributed by atoms with E-state index >= 15 is 0 Å². The molecule has 0 bridgehead atoms. The first-order chi connectivity index (χ1) is 8.38. The molecule has 1 saturated heterocycles. The second-order valence-electron chi connectivity index (χ2n) is 5.51. The van der Waals surface area contributed by atoms with Gasteiger partial charge in [0.2, 0.25) is 11.9 Å². The predicted molar refractivity (Wildman–Crippen MR) is 70.7 cm³/mol. The van der Waals surface area contributed by atoms with Crippen molar-refractivity contribution in [2.45, 2.75) is 52.2 Å². The van der Waals surface area contributed by atoms with E-state index in [2.05, 4.69) is 33.7 Å². The fourth-order valence-corrected chi connectivity index (χ4v) is 2.22. The van der Waals surface area contributed by atoms with Gasteiger partial charge in [-0.15, -0.1) is 0 Å². The van der Waals surface area contributed by atoms with Gasteiger partial charge in [0.15, 0.2) is 0 Å². The third-order valence-electron chi connectivity index (χ3n) is 3.10. The molecule has 6 nitrogen and oxygen atoms in total. The van der Waals surface area contributed by atoms with Crippen LogP contribution in [0.2, 0.25) is 0 Å². The molecule has 1 fully saturated rings. The second kappa shape index (κ2) is 4.59. The second-order valence-corrected chi connectivity index (χ2v) is 5.51. The number of rotatable bonds is 3. The van der Waals surface area contributed by atoms with E-state index in [0.717, 1.165) is 19.4 Å².